The lowest BCUT2D eigenvalue weighted by Crippen LogP contribution is -2.37. The largest absolute Gasteiger partial charge is 0.329 e. The molecule has 0 saturated carbocycles. The summed E-state index contributed by atoms with van der Waals surface area (Å²) in [5, 5.41) is 0. The fraction of sp³-hybridized carbons (Fsp3) is 0.500. The number of nitrogens with two attached hydrogens (primary N) is 1. The number of hydrogen-bond donors (Lipinski definition) is 2. The molecule has 0 aliphatic rings. The molecular formula is C8H15ClN2O2S2. The Hall–Kier alpha value is -0.140. The van der Waals surface area contributed by atoms with Gasteiger partial charge in [-0.15, -0.1) is 23.7 Å². The molecule has 7 heteroatoms. The van der Waals surface area contributed by atoms with Gasteiger partial charge in [-0.05, 0) is 26.0 Å². The molecular weight excluding hydrogens is 256 g/mol. The molecule has 1 heterocycles. The minimum atomic E-state index is -3.36. The Morgan fingerprint density at radius 2 is 2.13 bits per heavy atom. The molecule has 88 valence electrons. The van der Waals surface area contributed by atoms with Crippen LogP contribution in [0.25, 0.3) is 0 Å². The molecule has 0 radical (unpaired) electrons. The van der Waals surface area contributed by atoms with Gasteiger partial charge in [0.2, 0.25) is 10.0 Å². The number of hydrogen-bond acceptors (Lipinski definition) is 4. The molecule has 1 atom stereocenters. The van der Waals surface area contributed by atoms with Crippen molar-refractivity contribution >= 4 is 33.8 Å². The van der Waals surface area contributed by atoms with Crippen LogP contribution in [-0.4, -0.2) is 21.0 Å². The van der Waals surface area contributed by atoms with Crippen molar-refractivity contribution in [2.75, 3.05) is 6.54 Å². The van der Waals surface area contributed by atoms with E-state index < -0.39 is 10.0 Å². The SMILES string of the molecule is Cc1ccc(S(=O)(=O)N[C@H](C)CN)s1.Cl. The summed E-state index contributed by atoms with van der Waals surface area (Å²) in [6.07, 6.45) is 0. The van der Waals surface area contributed by atoms with Gasteiger partial charge in [-0.25, -0.2) is 13.1 Å². The summed E-state index contributed by atoms with van der Waals surface area (Å²) < 4.78 is 26.2. The van der Waals surface area contributed by atoms with E-state index in [0.717, 1.165) is 4.88 Å². The van der Waals surface area contributed by atoms with Gasteiger partial charge in [0.05, 0.1) is 0 Å². The maximum atomic E-state index is 11.7. The van der Waals surface area contributed by atoms with Crippen molar-refractivity contribution in [3.8, 4) is 0 Å². The first kappa shape index (κ1) is 14.9. The third kappa shape index (κ3) is 4.08. The number of aryl methyl sites for hydroxylation is 1. The normalized spacial score (nSPS) is 13.3. The van der Waals surface area contributed by atoms with E-state index in [1.807, 2.05) is 6.92 Å². The summed E-state index contributed by atoms with van der Waals surface area (Å²) in [7, 11) is -3.36. The van der Waals surface area contributed by atoms with E-state index in [1.54, 1.807) is 19.1 Å². The van der Waals surface area contributed by atoms with Crippen molar-refractivity contribution in [3.63, 3.8) is 0 Å². The molecule has 1 aromatic heterocycles. The number of rotatable bonds is 4. The fourth-order valence-electron chi connectivity index (χ4n) is 0.928. The monoisotopic (exact) mass is 270 g/mol. The van der Waals surface area contributed by atoms with Crippen molar-refractivity contribution in [1.82, 2.24) is 4.72 Å². The standard InChI is InChI=1S/C8H14N2O2S2.ClH/c1-6(5-9)10-14(11,12)8-4-3-7(2)13-8;/h3-4,6,10H,5,9H2,1-2H3;1H/t6-;/m1./s1. The molecule has 0 aromatic carbocycles. The molecule has 0 fully saturated rings. The number of nitrogens with one attached hydrogen (secondary N) is 1. The fourth-order valence-corrected chi connectivity index (χ4v) is 3.48. The van der Waals surface area contributed by atoms with Crippen LogP contribution in [0.5, 0.6) is 0 Å². The van der Waals surface area contributed by atoms with Crippen LogP contribution in [0.3, 0.4) is 0 Å². The molecule has 4 nitrogen and oxygen atoms in total. The second-order valence-corrected chi connectivity index (χ2v) is 6.35. The van der Waals surface area contributed by atoms with Gasteiger partial charge in [0, 0.05) is 17.5 Å². The maximum absolute atomic E-state index is 11.7. The number of halogens is 1. The van der Waals surface area contributed by atoms with E-state index in [0.29, 0.717) is 10.8 Å². The summed E-state index contributed by atoms with van der Waals surface area (Å²) in [6, 6.07) is 3.15. The second kappa shape index (κ2) is 5.81. The Morgan fingerprint density at radius 3 is 2.53 bits per heavy atom. The molecule has 0 aliphatic carbocycles. The van der Waals surface area contributed by atoms with Gasteiger partial charge in [0.15, 0.2) is 0 Å². The third-order valence-corrected chi connectivity index (χ3v) is 4.77. The zero-order chi connectivity index (χ0) is 10.8. The van der Waals surface area contributed by atoms with Crippen molar-refractivity contribution in [3.05, 3.63) is 17.0 Å². The van der Waals surface area contributed by atoms with Crippen molar-refractivity contribution in [2.45, 2.75) is 24.1 Å². The lowest BCUT2D eigenvalue weighted by molar-refractivity contribution is 0.564. The van der Waals surface area contributed by atoms with Crippen LogP contribution >= 0.6 is 23.7 Å². The van der Waals surface area contributed by atoms with Crippen molar-refractivity contribution in [2.24, 2.45) is 5.73 Å². The van der Waals surface area contributed by atoms with Gasteiger partial charge in [0.25, 0.3) is 0 Å². The highest BCUT2D eigenvalue weighted by atomic mass is 35.5. The van der Waals surface area contributed by atoms with E-state index in [-0.39, 0.29) is 18.4 Å². The topological polar surface area (TPSA) is 72.2 Å². The minimum Gasteiger partial charge on any atom is -0.329 e. The summed E-state index contributed by atoms with van der Waals surface area (Å²) >= 11 is 1.26. The zero-order valence-corrected chi connectivity index (χ0v) is 11.0. The smallest absolute Gasteiger partial charge is 0.250 e. The van der Waals surface area contributed by atoms with Crippen molar-refractivity contribution in [1.29, 1.82) is 0 Å². The summed E-state index contributed by atoms with van der Waals surface area (Å²) in [5.41, 5.74) is 5.34. The maximum Gasteiger partial charge on any atom is 0.250 e. The predicted molar refractivity (Wildman–Crippen MR) is 65.1 cm³/mol. The van der Waals surface area contributed by atoms with Gasteiger partial charge in [0.1, 0.15) is 4.21 Å². The molecule has 0 saturated heterocycles. The Labute approximate surface area is 100 Å². The minimum absolute atomic E-state index is 0. The van der Waals surface area contributed by atoms with E-state index in [1.165, 1.54) is 11.3 Å². The highest BCUT2D eigenvalue weighted by Crippen LogP contribution is 2.20. The Morgan fingerprint density at radius 1 is 1.53 bits per heavy atom. The molecule has 1 rings (SSSR count). The van der Waals surface area contributed by atoms with E-state index in [9.17, 15) is 8.42 Å². The first-order valence-electron chi connectivity index (χ1n) is 4.24. The molecule has 0 amide bonds. The lowest BCUT2D eigenvalue weighted by atomic mass is 10.4. The van der Waals surface area contributed by atoms with Crippen LogP contribution in [0.15, 0.2) is 16.3 Å². The van der Waals surface area contributed by atoms with Gasteiger partial charge in [-0.3, -0.25) is 0 Å². The number of sulfonamides is 1. The molecule has 0 spiro atoms. The molecule has 0 aliphatic heterocycles. The van der Waals surface area contributed by atoms with Gasteiger partial charge >= 0.3 is 0 Å². The first-order chi connectivity index (χ1) is 6.45. The van der Waals surface area contributed by atoms with E-state index in [2.05, 4.69) is 4.72 Å². The van der Waals surface area contributed by atoms with Crippen LogP contribution in [0.1, 0.15) is 11.8 Å². The van der Waals surface area contributed by atoms with Crippen LogP contribution in [0.4, 0.5) is 0 Å². The van der Waals surface area contributed by atoms with Crippen LogP contribution < -0.4 is 10.5 Å². The highest BCUT2D eigenvalue weighted by Gasteiger charge is 2.17. The predicted octanol–water partition coefficient (Wildman–Crippen LogP) is 1.10. The lowest BCUT2D eigenvalue weighted by Gasteiger charge is -2.09. The quantitative estimate of drug-likeness (QED) is 0.861. The summed E-state index contributed by atoms with van der Waals surface area (Å²) in [4.78, 5) is 0.978. The van der Waals surface area contributed by atoms with Gasteiger partial charge in [-0.1, -0.05) is 0 Å². The van der Waals surface area contributed by atoms with Gasteiger partial charge in [-0.2, -0.15) is 0 Å². The van der Waals surface area contributed by atoms with E-state index >= 15 is 0 Å². The average Bonchev–Trinajstić information content (AvgIpc) is 2.51. The Bertz CT molecular complexity index is 403. The molecule has 0 bridgehead atoms. The Kier molecular flexibility index (Phi) is 5.76. The third-order valence-electron chi connectivity index (χ3n) is 1.69. The van der Waals surface area contributed by atoms with Crippen LogP contribution in [0.2, 0.25) is 0 Å². The first-order valence-corrected chi connectivity index (χ1v) is 6.54. The van der Waals surface area contributed by atoms with Gasteiger partial charge < -0.3 is 5.73 Å². The zero-order valence-electron chi connectivity index (χ0n) is 8.56. The summed E-state index contributed by atoms with van der Waals surface area (Å²) in [5.74, 6) is 0. The van der Waals surface area contributed by atoms with Crippen LogP contribution in [0, 0.1) is 6.92 Å². The highest BCUT2D eigenvalue weighted by molar-refractivity contribution is 7.91. The van der Waals surface area contributed by atoms with Crippen molar-refractivity contribution < 1.29 is 8.42 Å². The average molecular weight is 271 g/mol. The number of thiophene rings is 1. The summed E-state index contributed by atoms with van der Waals surface area (Å²) in [6.45, 7) is 3.90. The second-order valence-electron chi connectivity index (χ2n) is 3.12. The van der Waals surface area contributed by atoms with E-state index in [4.69, 9.17) is 5.73 Å². The molecule has 3 N–H and O–H groups in total. The molecule has 15 heavy (non-hydrogen) atoms. The molecule has 1 aromatic rings. The Balaban J connectivity index is 0.00000196. The molecule has 0 unspecified atom stereocenters. The van der Waals surface area contributed by atoms with Crippen LogP contribution in [-0.2, 0) is 10.0 Å².